The van der Waals surface area contributed by atoms with Crippen LogP contribution in [0.25, 0.3) is 5.52 Å². The van der Waals surface area contributed by atoms with Crippen molar-refractivity contribution in [3.8, 4) is 0 Å². The van der Waals surface area contributed by atoms with E-state index in [0.29, 0.717) is 23.4 Å². The second kappa shape index (κ2) is 6.48. The Labute approximate surface area is 134 Å². The Morgan fingerprint density at radius 2 is 1.78 bits per heavy atom. The standard InChI is InChI=1S/C19H17NO3/c1-2-11-23-19(22)15-12-16-9-6-10-20(16)17(13-15)18(21)14-7-4-3-5-8-14/h3-10,12-13H,2,11H2,1H3. The van der Waals surface area contributed by atoms with Crippen LogP contribution in [0.15, 0.2) is 60.8 Å². The van der Waals surface area contributed by atoms with E-state index in [9.17, 15) is 9.59 Å². The molecule has 0 saturated carbocycles. The molecule has 0 aliphatic carbocycles. The molecule has 2 aromatic heterocycles. The van der Waals surface area contributed by atoms with Crippen LogP contribution in [0, 0.1) is 0 Å². The normalized spacial score (nSPS) is 10.7. The molecule has 3 rings (SSSR count). The van der Waals surface area contributed by atoms with Gasteiger partial charge >= 0.3 is 5.97 Å². The number of fused-ring (bicyclic) bond motifs is 1. The minimum absolute atomic E-state index is 0.128. The van der Waals surface area contributed by atoms with Gasteiger partial charge in [-0.25, -0.2) is 4.79 Å². The van der Waals surface area contributed by atoms with E-state index in [1.807, 2.05) is 43.5 Å². The third-order valence-electron chi connectivity index (χ3n) is 3.58. The fourth-order valence-corrected chi connectivity index (χ4v) is 2.46. The number of ketones is 1. The fourth-order valence-electron chi connectivity index (χ4n) is 2.46. The quantitative estimate of drug-likeness (QED) is 0.533. The minimum Gasteiger partial charge on any atom is -0.462 e. The summed E-state index contributed by atoms with van der Waals surface area (Å²) in [6, 6.07) is 16.1. The van der Waals surface area contributed by atoms with Crippen LogP contribution in [0.3, 0.4) is 0 Å². The van der Waals surface area contributed by atoms with Crippen molar-refractivity contribution in [3.05, 3.63) is 77.6 Å². The summed E-state index contributed by atoms with van der Waals surface area (Å²) in [4.78, 5) is 24.9. The Morgan fingerprint density at radius 3 is 2.52 bits per heavy atom. The van der Waals surface area contributed by atoms with Crippen LogP contribution in [0.1, 0.15) is 39.8 Å². The Morgan fingerprint density at radius 1 is 1.00 bits per heavy atom. The van der Waals surface area contributed by atoms with Crippen molar-refractivity contribution >= 4 is 17.3 Å². The van der Waals surface area contributed by atoms with Gasteiger partial charge < -0.3 is 9.14 Å². The zero-order chi connectivity index (χ0) is 16.2. The predicted molar refractivity (Wildman–Crippen MR) is 87.8 cm³/mol. The summed E-state index contributed by atoms with van der Waals surface area (Å²) in [6.45, 7) is 2.31. The second-order valence-electron chi connectivity index (χ2n) is 5.26. The summed E-state index contributed by atoms with van der Waals surface area (Å²) < 4.78 is 6.97. The lowest BCUT2D eigenvalue weighted by Gasteiger charge is -2.09. The molecule has 0 fully saturated rings. The molecule has 0 radical (unpaired) electrons. The molecule has 0 aliphatic heterocycles. The number of ether oxygens (including phenoxy) is 1. The zero-order valence-electron chi connectivity index (χ0n) is 12.9. The molecule has 4 heteroatoms. The highest BCUT2D eigenvalue weighted by molar-refractivity contribution is 6.09. The van der Waals surface area contributed by atoms with Gasteiger partial charge in [-0.2, -0.15) is 0 Å². The van der Waals surface area contributed by atoms with E-state index in [0.717, 1.165) is 11.9 Å². The largest absolute Gasteiger partial charge is 0.462 e. The van der Waals surface area contributed by atoms with Gasteiger partial charge in [-0.3, -0.25) is 4.79 Å². The average Bonchev–Trinajstić information content (AvgIpc) is 3.07. The molecular weight excluding hydrogens is 290 g/mol. The summed E-state index contributed by atoms with van der Waals surface area (Å²) in [7, 11) is 0. The van der Waals surface area contributed by atoms with Crippen LogP contribution < -0.4 is 0 Å². The van der Waals surface area contributed by atoms with E-state index in [1.54, 1.807) is 28.7 Å². The number of esters is 1. The number of nitrogens with zero attached hydrogens (tertiary/aromatic N) is 1. The summed E-state index contributed by atoms with van der Waals surface area (Å²) in [5.41, 5.74) is 2.21. The predicted octanol–water partition coefficient (Wildman–Crippen LogP) is 3.74. The summed E-state index contributed by atoms with van der Waals surface area (Å²) in [5, 5.41) is 0. The van der Waals surface area contributed by atoms with Crippen molar-refractivity contribution < 1.29 is 14.3 Å². The maximum absolute atomic E-state index is 12.8. The maximum atomic E-state index is 12.8. The van der Waals surface area contributed by atoms with Gasteiger partial charge in [0.2, 0.25) is 5.78 Å². The van der Waals surface area contributed by atoms with E-state index in [1.165, 1.54) is 0 Å². The van der Waals surface area contributed by atoms with E-state index in [4.69, 9.17) is 4.74 Å². The van der Waals surface area contributed by atoms with Gasteiger partial charge in [-0.15, -0.1) is 0 Å². The smallest absolute Gasteiger partial charge is 0.338 e. The van der Waals surface area contributed by atoms with Gasteiger partial charge in [0.05, 0.1) is 17.9 Å². The monoisotopic (exact) mass is 307 g/mol. The first-order chi connectivity index (χ1) is 11.2. The van der Waals surface area contributed by atoms with Crippen molar-refractivity contribution in [3.63, 3.8) is 0 Å². The molecule has 3 aromatic rings. The van der Waals surface area contributed by atoms with E-state index < -0.39 is 5.97 Å². The number of hydrogen-bond acceptors (Lipinski definition) is 3. The molecule has 0 spiro atoms. The van der Waals surface area contributed by atoms with E-state index in [2.05, 4.69) is 0 Å². The van der Waals surface area contributed by atoms with E-state index in [-0.39, 0.29) is 5.78 Å². The molecule has 0 N–H and O–H groups in total. The van der Waals surface area contributed by atoms with Gasteiger partial charge in [-0.1, -0.05) is 37.3 Å². The number of hydrogen-bond donors (Lipinski definition) is 0. The Balaban J connectivity index is 2.06. The highest BCUT2D eigenvalue weighted by Crippen LogP contribution is 2.17. The molecule has 0 bridgehead atoms. The van der Waals surface area contributed by atoms with Crippen molar-refractivity contribution in [1.29, 1.82) is 0 Å². The maximum Gasteiger partial charge on any atom is 0.338 e. The lowest BCUT2D eigenvalue weighted by atomic mass is 10.1. The van der Waals surface area contributed by atoms with Gasteiger partial charge in [-0.05, 0) is 30.7 Å². The molecule has 0 atom stereocenters. The first kappa shape index (κ1) is 15.0. The van der Waals surface area contributed by atoms with Crippen molar-refractivity contribution in [2.24, 2.45) is 0 Å². The zero-order valence-corrected chi connectivity index (χ0v) is 12.9. The van der Waals surface area contributed by atoms with Crippen LogP contribution in [-0.2, 0) is 4.74 Å². The topological polar surface area (TPSA) is 47.8 Å². The summed E-state index contributed by atoms with van der Waals surface area (Å²) in [5.74, 6) is -0.533. The van der Waals surface area contributed by atoms with Gasteiger partial charge in [0, 0.05) is 17.3 Å². The fraction of sp³-hybridized carbons (Fsp3) is 0.158. The summed E-state index contributed by atoms with van der Waals surface area (Å²) in [6.07, 6.45) is 2.57. The molecule has 2 heterocycles. The first-order valence-corrected chi connectivity index (χ1v) is 7.58. The van der Waals surface area contributed by atoms with E-state index >= 15 is 0 Å². The van der Waals surface area contributed by atoms with Crippen LogP contribution in [0.4, 0.5) is 0 Å². The first-order valence-electron chi connectivity index (χ1n) is 7.58. The second-order valence-corrected chi connectivity index (χ2v) is 5.26. The summed E-state index contributed by atoms with van der Waals surface area (Å²) >= 11 is 0. The number of rotatable bonds is 5. The Bertz CT molecular complexity index is 849. The van der Waals surface area contributed by atoms with Crippen molar-refractivity contribution in [1.82, 2.24) is 4.40 Å². The number of benzene rings is 1. The molecule has 4 nitrogen and oxygen atoms in total. The highest BCUT2D eigenvalue weighted by atomic mass is 16.5. The van der Waals surface area contributed by atoms with Crippen LogP contribution >= 0.6 is 0 Å². The molecule has 1 aromatic carbocycles. The Kier molecular flexibility index (Phi) is 4.24. The molecule has 0 aliphatic rings. The SMILES string of the molecule is CCCOC(=O)c1cc(C(=O)c2ccccc2)n2cccc2c1. The van der Waals surface area contributed by atoms with Gasteiger partial charge in [0.25, 0.3) is 0 Å². The molecule has 0 amide bonds. The third kappa shape index (κ3) is 3.01. The molecule has 23 heavy (non-hydrogen) atoms. The van der Waals surface area contributed by atoms with Crippen molar-refractivity contribution in [2.45, 2.75) is 13.3 Å². The number of pyridine rings is 1. The van der Waals surface area contributed by atoms with Crippen molar-refractivity contribution in [2.75, 3.05) is 6.61 Å². The average molecular weight is 307 g/mol. The molecular formula is C19H17NO3. The van der Waals surface area contributed by atoms with Gasteiger partial charge in [0.15, 0.2) is 0 Å². The Hall–Kier alpha value is -2.88. The van der Waals surface area contributed by atoms with Gasteiger partial charge in [0.1, 0.15) is 0 Å². The number of carbonyl (C=O) groups excluding carboxylic acids is 2. The number of carbonyl (C=O) groups is 2. The van der Waals surface area contributed by atoms with Crippen LogP contribution in [0.2, 0.25) is 0 Å². The minimum atomic E-state index is -0.405. The molecule has 116 valence electrons. The number of aromatic nitrogens is 1. The van der Waals surface area contributed by atoms with Crippen LogP contribution in [-0.4, -0.2) is 22.8 Å². The van der Waals surface area contributed by atoms with Crippen LogP contribution in [0.5, 0.6) is 0 Å². The lowest BCUT2D eigenvalue weighted by Crippen LogP contribution is -2.12. The highest BCUT2D eigenvalue weighted by Gasteiger charge is 2.17. The lowest BCUT2D eigenvalue weighted by molar-refractivity contribution is 0.0505. The molecule has 0 saturated heterocycles. The molecule has 0 unspecified atom stereocenters. The third-order valence-corrected chi connectivity index (χ3v) is 3.58.